The van der Waals surface area contributed by atoms with E-state index in [4.69, 9.17) is 18.9 Å². The van der Waals surface area contributed by atoms with E-state index in [0.29, 0.717) is 11.5 Å². The highest BCUT2D eigenvalue weighted by molar-refractivity contribution is 5.91. The van der Waals surface area contributed by atoms with Gasteiger partial charge in [0.25, 0.3) is 0 Å². The van der Waals surface area contributed by atoms with E-state index in [2.05, 4.69) is 5.32 Å². The topological polar surface area (TPSA) is 127 Å². The molecule has 5 atom stereocenters. The first-order valence-electron chi connectivity index (χ1n) is 8.31. The Kier molecular flexibility index (Phi) is 7.57. The smallest absolute Gasteiger partial charge is 0.244 e. The maximum absolute atomic E-state index is 12.0. The number of carbonyl (C=O) groups is 1. The SMILES string of the molecule is COc1ccc(C=CC(=O)NC[C@H]2O[C@H](OC)[C@@H](O)[C@@H](O)[C@@H]2O)cc1OC. The van der Waals surface area contributed by atoms with E-state index >= 15 is 0 Å². The minimum Gasteiger partial charge on any atom is -0.493 e. The van der Waals surface area contributed by atoms with Gasteiger partial charge in [-0.15, -0.1) is 0 Å². The minimum absolute atomic E-state index is 0.0695. The van der Waals surface area contributed by atoms with Crippen molar-refractivity contribution in [2.75, 3.05) is 27.9 Å². The molecule has 1 aromatic carbocycles. The summed E-state index contributed by atoms with van der Waals surface area (Å²) in [6.07, 6.45) is -3.28. The van der Waals surface area contributed by atoms with Gasteiger partial charge >= 0.3 is 0 Å². The second-order valence-corrected chi connectivity index (χ2v) is 5.94. The molecule has 0 radical (unpaired) electrons. The zero-order valence-corrected chi connectivity index (χ0v) is 15.4. The molecule has 2 rings (SSSR count). The van der Waals surface area contributed by atoms with Crippen LogP contribution in [-0.2, 0) is 14.3 Å². The molecule has 1 aliphatic heterocycles. The number of nitrogens with one attached hydrogen (secondary N) is 1. The number of carbonyl (C=O) groups excluding carboxylic acids is 1. The second kappa shape index (κ2) is 9.67. The van der Waals surface area contributed by atoms with Crippen LogP contribution in [0.4, 0.5) is 0 Å². The first-order chi connectivity index (χ1) is 12.9. The monoisotopic (exact) mass is 383 g/mol. The third-order valence-corrected chi connectivity index (χ3v) is 4.21. The Hall–Kier alpha value is -2.17. The number of hydrogen-bond acceptors (Lipinski definition) is 8. The van der Waals surface area contributed by atoms with Crippen LogP contribution in [-0.4, -0.2) is 79.8 Å². The van der Waals surface area contributed by atoms with Crippen molar-refractivity contribution in [3.8, 4) is 11.5 Å². The maximum Gasteiger partial charge on any atom is 0.244 e. The number of amides is 1. The van der Waals surface area contributed by atoms with E-state index in [1.165, 1.54) is 27.4 Å². The van der Waals surface area contributed by atoms with Gasteiger partial charge in [0.2, 0.25) is 5.91 Å². The van der Waals surface area contributed by atoms with Crippen molar-refractivity contribution in [2.45, 2.75) is 30.7 Å². The number of benzene rings is 1. The van der Waals surface area contributed by atoms with Crippen molar-refractivity contribution in [3.05, 3.63) is 29.8 Å². The molecule has 9 nitrogen and oxygen atoms in total. The number of aliphatic hydroxyl groups excluding tert-OH is 3. The van der Waals surface area contributed by atoms with Crippen LogP contribution in [0.15, 0.2) is 24.3 Å². The zero-order valence-electron chi connectivity index (χ0n) is 15.4. The Morgan fingerprint density at radius 3 is 2.44 bits per heavy atom. The zero-order chi connectivity index (χ0) is 20.0. The summed E-state index contributed by atoms with van der Waals surface area (Å²) >= 11 is 0. The predicted octanol–water partition coefficient (Wildman–Crippen LogP) is -0.713. The lowest BCUT2D eigenvalue weighted by molar-refractivity contribution is -0.288. The third kappa shape index (κ3) is 5.18. The lowest BCUT2D eigenvalue weighted by atomic mass is 9.99. The fourth-order valence-corrected chi connectivity index (χ4v) is 2.67. The molecule has 0 bridgehead atoms. The summed E-state index contributed by atoms with van der Waals surface area (Å²) in [7, 11) is 4.36. The van der Waals surface area contributed by atoms with E-state index in [1.807, 2.05) is 0 Å². The molecule has 0 aliphatic carbocycles. The Balaban J connectivity index is 1.93. The summed E-state index contributed by atoms with van der Waals surface area (Å²) in [6, 6.07) is 5.21. The highest BCUT2D eigenvalue weighted by Gasteiger charge is 2.43. The van der Waals surface area contributed by atoms with Gasteiger partial charge in [0.1, 0.15) is 24.4 Å². The molecule has 4 N–H and O–H groups in total. The van der Waals surface area contributed by atoms with E-state index in [9.17, 15) is 20.1 Å². The van der Waals surface area contributed by atoms with Crippen LogP contribution in [0.2, 0.25) is 0 Å². The van der Waals surface area contributed by atoms with Crippen molar-refractivity contribution in [2.24, 2.45) is 0 Å². The molecule has 0 saturated carbocycles. The molecule has 1 amide bonds. The van der Waals surface area contributed by atoms with Crippen LogP contribution in [0, 0.1) is 0 Å². The van der Waals surface area contributed by atoms with Crippen LogP contribution in [0.25, 0.3) is 6.08 Å². The summed E-state index contributed by atoms with van der Waals surface area (Å²) in [5, 5.41) is 32.1. The summed E-state index contributed by atoms with van der Waals surface area (Å²) in [5.74, 6) is 0.697. The fourth-order valence-electron chi connectivity index (χ4n) is 2.67. The number of hydrogen-bond donors (Lipinski definition) is 4. The lowest BCUT2D eigenvalue weighted by Gasteiger charge is -2.39. The van der Waals surface area contributed by atoms with Gasteiger partial charge in [-0.3, -0.25) is 4.79 Å². The van der Waals surface area contributed by atoms with E-state index in [-0.39, 0.29) is 6.54 Å². The van der Waals surface area contributed by atoms with Crippen LogP contribution >= 0.6 is 0 Å². The molecule has 1 aromatic rings. The molecule has 1 saturated heterocycles. The Bertz CT molecular complexity index is 663. The predicted molar refractivity (Wildman–Crippen MR) is 95.3 cm³/mol. The molecular weight excluding hydrogens is 358 g/mol. The molecular formula is C18H25NO8. The molecule has 1 heterocycles. The van der Waals surface area contributed by atoms with Crippen LogP contribution in [0.1, 0.15) is 5.56 Å². The van der Waals surface area contributed by atoms with Gasteiger partial charge in [-0.1, -0.05) is 6.07 Å². The molecule has 1 aliphatic rings. The summed E-state index contributed by atoms with van der Waals surface area (Å²) in [4.78, 5) is 12.0. The van der Waals surface area contributed by atoms with E-state index in [1.54, 1.807) is 24.3 Å². The summed E-state index contributed by atoms with van der Waals surface area (Å²) in [6.45, 7) is -0.0695. The lowest BCUT2D eigenvalue weighted by Crippen LogP contribution is -2.60. The highest BCUT2D eigenvalue weighted by atomic mass is 16.7. The van der Waals surface area contributed by atoms with Crippen LogP contribution < -0.4 is 14.8 Å². The van der Waals surface area contributed by atoms with Crippen LogP contribution in [0.3, 0.4) is 0 Å². The first-order valence-corrected chi connectivity index (χ1v) is 8.31. The Morgan fingerprint density at radius 1 is 1.11 bits per heavy atom. The van der Waals surface area contributed by atoms with Crippen molar-refractivity contribution in [1.82, 2.24) is 5.32 Å². The number of ether oxygens (including phenoxy) is 4. The van der Waals surface area contributed by atoms with E-state index in [0.717, 1.165) is 5.56 Å². The van der Waals surface area contributed by atoms with Crippen molar-refractivity contribution >= 4 is 12.0 Å². The average molecular weight is 383 g/mol. The number of rotatable bonds is 7. The highest BCUT2D eigenvalue weighted by Crippen LogP contribution is 2.28. The van der Waals surface area contributed by atoms with Crippen molar-refractivity contribution in [3.63, 3.8) is 0 Å². The van der Waals surface area contributed by atoms with Gasteiger partial charge in [-0.2, -0.15) is 0 Å². The van der Waals surface area contributed by atoms with Gasteiger partial charge < -0.3 is 39.6 Å². The molecule has 0 unspecified atom stereocenters. The Morgan fingerprint density at radius 2 is 1.81 bits per heavy atom. The van der Waals surface area contributed by atoms with Gasteiger partial charge in [0.05, 0.1) is 14.2 Å². The second-order valence-electron chi connectivity index (χ2n) is 5.94. The minimum atomic E-state index is -1.44. The quantitative estimate of drug-likeness (QED) is 0.455. The molecule has 9 heteroatoms. The van der Waals surface area contributed by atoms with Gasteiger partial charge in [-0.25, -0.2) is 0 Å². The summed E-state index contributed by atoms with van der Waals surface area (Å²) in [5.41, 5.74) is 0.731. The molecule has 0 aromatic heterocycles. The molecule has 0 spiro atoms. The molecule has 27 heavy (non-hydrogen) atoms. The van der Waals surface area contributed by atoms with Crippen molar-refractivity contribution in [1.29, 1.82) is 0 Å². The average Bonchev–Trinajstić information content (AvgIpc) is 2.69. The van der Waals surface area contributed by atoms with Gasteiger partial charge in [0.15, 0.2) is 17.8 Å². The Labute approximate surface area is 157 Å². The van der Waals surface area contributed by atoms with Crippen molar-refractivity contribution < 1.29 is 39.1 Å². The fraction of sp³-hybridized carbons (Fsp3) is 0.500. The number of methoxy groups -OCH3 is 3. The normalized spacial score (nSPS) is 28.1. The van der Waals surface area contributed by atoms with Crippen LogP contribution in [0.5, 0.6) is 11.5 Å². The third-order valence-electron chi connectivity index (χ3n) is 4.21. The largest absolute Gasteiger partial charge is 0.493 e. The number of aliphatic hydroxyl groups is 3. The maximum atomic E-state index is 12.0. The van der Waals surface area contributed by atoms with Gasteiger partial charge in [0, 0.05) is 19.7 Å². The first kappa shape index (κ1) is 21.1. The van der Waals surface area contributed by atoms with E-state index < -0.39 is 36.6 Å². The summed E-state index contributed by atoms with van der Waals surface area (Å²) < 4.78 is 20.6. The molecule has 150 valence electrons. The standard InChI is InChI=1S/C18H25NO8/c1-24-11-6-4-10(8-12(11)25-2)5-7-14(20)19-9-13-15(21)16(22)17(23)18(26-3)27-13/h4-8,13,15-18,21-23H,9H2,1-3H3,(H,19,20)/t13-,15-,16+,17+,18+/m1/s1. The molecule has 1 fully saturated rings. The van der Waals surface area contributed by atoms with Gasteiger partial charge in [-0.05, 0) is 23.8 Å².